The van der Waals surface area contributed by atoms with Gasteiger partial charge in [-0.15, -0.1) is 0 Å². The normalized spacial score (nSPS) is 20.0. The smallest absolute Gasteiger partial charge is 0.254 e. The van der Waals surface area contributed by atoms with Gasteiger partial charge < -0.3 is 19.9 Å². The number of ether oxygens (including phenoxy) is 1. The van der Waals surface area contributed by atoms with Gasteiger partial charge in [0, 0.05) is 30.9 Å². The Morgan fingerprint density at radius 2 is 1.76 bits per heavy atom. The van der Waals surface area contributed by atoms with Crippen LogP contribution in [0.15, 0.2) is 42.5 Å². The zero-order valence-corrected chi connectivity index (χ0v) is 18.8. The van der Waals surface area contributed by atoms with Crippen LogP contribution in [0.2, 0.25) is 0 Å². The molecule has 3 heterocycles. The highest BCUT2D eigenvalue weighted by Crippen LogP contribution is 2.40. The van der Waals surface area contributed by atoms with Crippen molar-refractivity contribution >= 4 is 34.8 Å². The fraction of sp³-hybridized carbons (Fsp3) is 0.400. The number of halogens is 1. The fourth-order valence-electron chi connectivity index (χ4n) is 4.88. The second-order valence-corrected chi connectivity index (χ2v) is 8.79. The van der Waals surface area contributed by atoms with Crippen molar-refractivity contribution in [1.29, 1.82) is 0 Å². The van der Waals surface area contributed by atoms with Crippen LogP contribution in [-0.2, 0) is 14.3 Å². The number of rotatable bonds is 4. The second-order valence-electron chi connectivity index (χ2n) is 8.79. The summed E-state index contributed by atoms with van der Waals surface area (Å²) in [6.45, 7) is 2.61. The van der Waals surface area contributed by atoms with E-state index >= 15 is 0 Å². The molecule has 9 heteroatoms. The van der Waals surface area contributed by atoms with Crippen molar-refractivity contribution in [2.75, 3.05) is 54.5 Å². The number of nitrogens with zero attached hydrogens (tertiary/aromatic N) is 3. The van der Waals surface area contributed by atoms with E-state index in [1.807, 2.05) is 6.07 Å². The van der Waals surface area contributed by atoms with Gasteiger partial charge in [0.25, 0.3) is 5.91 Å². The highest BCUT2D eigenvalue weighted by atomic mass is 19.1. The monoisotopic (exact) mass is 466 g/mol. The Bertz CT molecular complexity index is 1100. The number of piperidine rings is 1. The lowest BCUT2D eigenvalue weighted by Gasteiger charge is -2.45. The summed E-state index contributed by atoms with van der Waals surface area (Å²) in [6.07, 6.45) is 2.66. The molecule has 5 rings (SSSR count). The van der Waals surface area contributed by atoms with Gasteiger partial charge in [0.1, 0.15) is 18.4 Å². The first-order chi connectivity index (χ1) is 16.5. The molecule has 1 N–H and O–H groups in total. The molecular weight excluding hydrogens is 439 g/mol. The van der Waals surface area contributed by atoms with Gasteiger partial charge in [-0.3, -0.25) is 19.3 Å². The van der Waals surface area contributed by atoms with E-state index in [0.717, 1.165) is 31.5 Å². The Morgan fingerprint density at radius 3 is 2.53 bits per heavy atom. The summed E-state index contributed by atoms with van der Waals surface area (Å²) < 4.78 is 18.5. The second kappa shape index (κ2) is 9.42. The lowest BCUT2D eigenvalue weighted by Crippen LogP contribution is -2.56. The number of carbonyl (C=O) groups is 3. The average molecular weight is 467 g/mol. The molecule has 3 aliphatic heterocycles. The molecule has 2 aromatic rings. The van der Waals surface area contributed by atoms with Crippen LogP contribution in [0.3, 0.4) is 0 Å². The summed E-state index contributed by atoms with van der Waals surface area (Å²) in [6, 6.07) is 10.6. The van der Waals surface area contributed by atoms with Gasteiger partial charge in [0.2, 0.25) is 11.8 Å². The van der Waals surface area contributed by atoms with Crippen molar-refractivity contribution in [1.82, 2.24) is 4.90 Å². The van der Waals surface area contributed by atoms with Crippen molar-refractivity contribution in [3.63, 3.8) is 0 Å². The van der Waals surface area contributed by atoms with Crippen LogP contribution in [0.5, 0.6) is 0 Å². The molecule has 2 fully saturated rings. The minimum atomic E-state index is -0.395. The molecule has 178 valence electrons. The molecule has 0 saturated carbocycles. The standard InChI is InChI=1S/C25H27FN4O4/c26-18-5-7-19(8-6-18)27-23(31)16-30-22-15-17(24(32)28-11-13-34-14-12-28)4-9-20(22)29-10-2-1-3-21(29)25(30)33/h4-9,15,21H,1-3,10-14,16H2,(H,27,31)/t21-/m0/s1. The third kappa shape index (κ3) is 4.35. The van der Waals surface area contributed by atoms with Crippen LogP contribution in [0.4, 0.5) is 21.5 Å². The minimum Gasteiger partial charge on any atom is -0.378 e. The Labute approximate surface area is 197 Å². The molecular formula is C25H27FN4O4. The van der Waals surface area contributed by atoms with Crippen molar-refractivity contribution in [3.8, 4) is 0 Å². The number of anilines is 3. The number of carbonyl (C=O) groups excluding carboxylic acids is 3. The van der Waals surface area contributed by atoms with Gasteiger partial charge in [0.15, 0.2) is 0 Å². The van der Waals surface area contributed by atoms with Crippen LogP contribution in [-0.4, -0.2) is 68.1 Å². The molecule has 34 heavy (non-hydrogen) atoms. The first-order valence-corrected chi connectivity index (χ1v) is 11.7. The van der Waals surface area contributed by atoms with Crippen LogP contribution in [0.25, 0.3) is 0 Å². The Kier molecular flexibility index (Phi) is 6.19. The summed E-state index contributed by atoms with van der Waals surface area (Å²) in [5.41, 5.74) is 2.35. The number of nitrogens with one attached hydrogen (secondary N) is 1. The minimum absolute atomic E-state index is 0.116. The molecule has 3 amide bonds. The number of morpholine rings is 1. The van der Waals surface area contributed by atoms with E-state index in [1.165, 1.54) is 29.2 Å². The molecule has 2 aromatic carbocycles. The number of hydrogen-bond acceptors (Lipinski definition) is 5. The number of fused-ring (bicyclic) bond motifs is 3. The largest absolute Gasteiger partial charge is 0.378 e. The fourth-order valence-corrected chi connectivity index (χ4v) is 4.88. The van der Waals surface area contributed by atoms with E-state index in [1.54, 1.807) is 17.0 Å². The maximum absolute atomic E-state index is 13.5. The molecule has 1 atom stereocenters. The van der Waals surface area contributed by atoms with E-state index in [0.29, 0.717) is 43.2 Å². The van der Waals surface area contributed by atoms with Crippen molar-refractivity contribution < 1.29 is 23.5 Å². The zero-order valence-electron chi connectivity index (χ0n) is 18.8. The Morgan fingerprint density at radius 1 is 1.00 bits per heavy atom. The topological polar surface area (TPSA) is 82.2 Å². The van der Waals surface area contributed by atoms with Crippen LogP contribution in [0.1, 0.15) is 29.6 Å². The van der Waals surface area contributed by atoms with E-state index in [9.17, 15) is 18.8 Å². The summed E-state index contributed by atoms with van der Waals surface area (Å²) in [4.78, 5) is 44.7. The van der Waals surface area contributed by atoms with Crippen molar-refractivity contribution in [2.24, 2.45) is 0 Å². The molecule has 8 nitrogen and oxygen atoms in total. The quantitative estimate of drug-likeness (QED) is 0.749. The zero-order chi connectivity index (χ0) is 23.7. The molecule has 0 aromatic heterocycles. The predicted molar refractivity (Wildman–Crippen MR) is 126 cm³/mol. The van der Waals surface area contributed by atoms with Gasteiger partial charge in [-0.1, -0.05) is 0 Å². The summed E-state index contributed by atoms with van der Waals surface area (Å²) in [7, 11) is 0. The van der Waals surface area contributed by atoms with Crippen LogP contribution >= 0.6 is 0 Å². The molecule has 3 aliphatic rings. The molecule has 0 spiro atoms. The van der Waals surface area contributed by atoms with Gasteiger partial charge in [-0.05, 0) is 61.7 Å². The summed E-state index contributed by atoms with van der Waals surface area (Å²) in [5, 5.41) is 2.73. The van der Waals surface area contributed by atoms with E-state index in [-0.39, 0.29) is 30.3 Å². The predicted octanol–water partition coefficient (Wildman–Crippen LogP) is 2.64. The van der Waals surface area contributed by atoms with Gasteiger partial charge >= 0.3 is 0 Å². The van der Waals surface area contributed by atoms with E-state index < -0.39 is 5.82 Å². The Balaban J connectivity index is 1.44. The number of amides is 3. The third-order valence-electron chi connectivity index (χ3n) is 6.60. The molecule has 0 unspecified atom stereocenters. The molecule has 2 saturated heterocycles. The first-order valence-electron chi connectivity index (χ1n) is 11.7. The summed E-state index contributed by atoms with van der Waals surface area (Å²) in [5.74, 6) is -1.04. The third-order valence-corrected chi connectivity index (χ3v) is 6.60. The first kappa shape index (κ1) is 22.3. The van der Waals surface area contributed by atoms with Crippen LogP contribution < -0.4 is 15.1 Å². The van der Waals surface area contributed by atoms with Gasteiger partial charge in [-0.2, -0.15) is 0 Å². The SMILES string of the molecule is O=C(CN1C(=O)[C@@H]2CCCCN2c2ccc(C(=O)N3CCOCC3)cc21)Nc1ccc(F)cc1. The van der Waals surface area contributed by atoms with Crippen LogP contribution in [0, 0.1) is 5.82 Å². The summed E-state index contributed by atoms with van der Waals surface area (Å²) >= 11 is 0. The van der Waals surface area contributed by atoms with Crippen molar-refractivity contribution in [3.05, 3.63) is 53.8 Å². The van der Waals surface area contributed by atoms with E-state index in [4.69, 9.17) is 4.74 Å². The van der Waals surface area contributed by atoms with E-state index in [2.05, 4.69) is 10.2 Å². The van der Waals surface area contributed by atoms with Gasteiger partial charge in [-0.25, -0.2) is 4.39 Å². The Hall–Kier alpha value is -3.46. The maximum atomic E-state index is 13.5. The average Bonchev–Trinajstić information content (AvgIpc) is 2.87. The molecule has 0 aliphatic carbocycles. The molecule has 0 bridgehead atoms. The highest BCUT2D eigenvalue weighted by molar-refractivity contribution is 6.11. The number of hydrogen-bond donors (Lipinski definition) is 1. The lowest BCUT2D eigenvalue weighted by atomic mass is 9.95. The number of benzene rings is 2. The van der Waals surface area contributed by atoms with Crippen molar-refractivity contribution in [2.45, 2.75) is 25.3 Å². The highest BCUT2D eigenvalue weighted by Gasteiger charge is 2.40. The molecule has 0 radical (unpaired) electrons. The lowest BCUT2D eigenvalue weighted by molar-refractivity contribution is -0.123. The maximum Gasteiger partial charge on any atom is 0.254 e. The van der Waals surface area contributed by atoms with Gasteiger partial charge in [0.05, 0.1) is 24.6 Å².